The van der Waals surface area contributed by atoms with E-state index in [1.165, 1.54) is 11.3 Å². The molecule has 2 N–H and O–H groups in total. The standard InChI is InChI=1S/C13H22N2O2S/c1-9(2)10(14)5-7-15(3)13(16)12-11(17-4)6-8-18-12/h6,8-10H,5,7,14H2,1-4H3. The van der Waals surface area contributed by atoms with Gasteiger partial charge in [-0.05, 0) is 23.8 Å². The zero-order chi connectivity index (χ0) is 13.7. The molecule has 0 spiro atoms. The van der Waals surface area contributed by atoms with Crippen LogP contribution < -0.4 is 10.5 Å². The highest BCUT2D eigenvalue weighted by atomic mass is 32.1. The number of nitrogens with zero attached hydrogens (tertiary/aromatic N) is 1. The lowest BCUT2D eigenvalue weighted by Gasteiger charge is -2.21. The summed E-state index contributed by atoms with van der Waals surface area (Å²) >= 11 is 1.40. The van der Waals surface area contributed by atoms with Gasteiger partial charge in [0.15, 0.2) is 0 Å². The summed E-state index contributed by atoms with van der Waals surface area (Å²) in [5.74, 6) is 1.08. The van der Waals surface area contributed by atoms with Crippen molar-refractivity contribution in [1.29, 1.82) is 0 Å². The average molecular weight is 270 g/mol. The number of carbonyl (C=O) groups excluding carboxylic acids is 1. The molecule has 1 heterocycles. The number of methoxy groups -OCH3 is 1. The van der Waals surface area contributed by atoms with E-state index in [1.54, 1.807) is 19.1 Å². The number of rotatable bonds is 6. The lowest BCUT2D eigenvalue weighted by molar-refractivity contribution is 0.0791. The van der Waals surface area contributed by atoms with Gasteiger partial charge in [-0.2, -0.15) is 0 Å². The molecule has 0 radical (unpaired) electrons. The molecule has 1 amide bonds. The van der Waals surface area contributed by atoms with Crippen LogP contribution in [0.4, 0.5) is 0 Å². The minimum Gasteiger partial charge on any atom is -0.495 e. The smallest absolute Gasteiger partial charge is 0.267 e. The molecule has 0 aliphatic carbocycles. The van der Waals surface area contributed by atoms with Crippen molar-refractivity contribution in [2.24, 2.45) is 11.7 Å². The van der Waals surface area contributed by atoms with Crippen LogP contribution in [0.25, 0.3) is 0 Å². The van der Waals surface area contributed by atoms with Crippen molar-refractivity contribution in [2.45, 2.75) is 26.3 Å². The Kier molecular flexibility index (Phi) is 5.62. The van der Waals surface area contributed by atoms with Crippen LogP contribution in [-0.4, -0.2) is 37.6 Å². The van der Waals surface area contributed by atoms with E-state index in [2.05, 4.69) is 13.8 Å². The minimum absolute atomic E-state index is 0.00203. The van der Waals surface area contributed by atoms with E-state index < -0.39 is 0 Å². The number of nitrogens with two attached hydrogens (primary N) is 1. The van der Waals surface area contributed by atoms with Gasteiger partial charge in [0.2, 0.25) is 0 Å². The van der Waals surface area contributed by atoms with E-state index in [-0.39, 0.29) is 11.9 Å². The van der Waals surface area contributed by atoms with E-state index in [9.17, 15) is 4.79 Å². The minimum atomic E-state index is -0.00203. The third-order valence-corrected chi connectivity index (χ3v) is 3.93. The largest absolute Gasteiger partial charge is 0.495 e. The van der Waals surface area contributed by atoms with Crippen LogP contribution in [0, 0.1) is 5.92 Å². The molecule has 1 rings (SSSR count). The van der Waals surface area contributed by atoms with Gasteiger partial charge in [-0.25, -0.2) is 0 Å². The van der Waals surface area contributed by atoms with E-state index in [1.807, 2.05) is 11.4 Å². The summed E-state index contributed by atoms with van der Waals surface area (Å²) in [5.41, 5.74) is 5.98. The molecule has 102 valence electrons. The molecule has 1 unspecified atom stereocenters. The Bertz CT molecular complexity index is 390. The van der Waals surface area contributed by atoms with Crippen LogP contribution in [0.2, 0.25) is 0 Å². The number of carbonyl (C=O) groups is 1. The van der Waals surface area contributed by atoms with E-state index in [0.717, 1.165) is 6.42 Å². The maximum Gasteiger partial charge on any atom is 0.267 e. The summed E-state index contributed by atoms with van der Waals surface area (Å²) < 4.78 is 5.16. The first-order chi connectivity index (χ1) is 8.47. The lowest BCUT2D eigenvalue weighted by Crippen LogP contribution is -2.34. The normalized spacial score (nSPS) is 12.6. The molecule has 0 saturated carbocycles. The molecule has 0 saturated heterocycles. The monoisotopic (exact) mass is 270 g/mol. The molecule has 5 heteroatoms. The molecular formula is C13H22N2O2S. The fraction of sp³-hybridized carbons (Fsp3) is 0.615. The van der Waals surface area contributed by atoms with Crippen LogP contribution >= 0.6 is 11.3 Å². The first kappa shape index (κ1) is 15.0. The summed E-state index contributed by atoms with van der Waals surface area (Å²) in [6, 6.07) is 1.94. The Hall–Kier alpha value is -1.07. The van der Waals surface area contributed by atoms with Crippen LogP contribution in [0.3, 0.4) is 0 Å². The summed E-state index contributed by atoms with van der Waals surface area (Å²) in [6.45, 7) is 4.85. The van der Waals surface area contributed by atoms with E-state index in [4.69, 9.17) is 10.5 Å². The Balaban J connectivity index is 2.57. The average Bonchev–Trinajstić information content (AvgIpc) is 2.82. The van der Waals surface area contributed by atoms with Crippen LogP contribution in [0.1, 0.15) is 29.9 Å². The molecule has 1 atom stereocenters. The second kappa shape index (κ2) is 6.75. The van der Waals surface area contributed by atoms with Gasteiger partial charge < -0.3 is 15.4 Å². The van der Waals surface area contributed by atoms with Gasteiger partial charge in [0.1, 0.15) is 10.6 Å². The Morgan fingerprint density at radius 3 is 2.78 bits per heavy atom. The molecule has 1 aromatic heterocycles. The van der Waals surface area contributed by atoms with Gasteiger partial charge in [-0.1, -0.05) is 13.8 Å². The van der Waals surface area contributed by atoms with Crippen molar-refractivity contribution in [3.05, 3.63) is 16.3 Å². The van der Waals surface area contributed by atoms with Gasteiger partial charge in [0, 0.05) is 19.6 Å². The first-order valence-electron chi connectivity index (χ1n) is 6.09. The van der Waals surface area contributed by atoms with Gasteiger partial charge >= 0.3 is 0 Å². The molecule has 1 aromatic rings. The summed E-state index contributed by atoms with van der Waals surface area (Å²) in [7, 11) is 3.38. The van der Waals surface area contributed by atoms with Crippen LogP contribution in [0.15, 0.2) is 11.4 Å². The summed E-state index contributed by atoms with van der Waals surface area (Å²) in [5, 5.41) is 1.86. The van der Waals surface area contributed by atoms with Gasteiger partial charge in [0.25, 0.3) is 5.91 Å². The third kappa shape index (κ3) is 3.71. The SMILES string of the molecule is COc1ccsc1C(=O)N(C)CCC(N)C(C)C. The van der Waals surface area contributed by atoms with Gasteiger partial charge in [0.05, 0.1) is 7.11 Å². The second-order valence-electron chi connectivity index (χ2n) is 4.74. The fourth-order valence-corrected chi connectivity index (χ4v) is 2.42. The predicted molar refractivity (Wildman–Crippen MR) is 75.3 cm³/mol. The zero-order valence-corrected chi connectivity index (χ0v) is 12.3. The van der Waals surface area contributed by atoms with Crippen molar-refractivity contribution < 1.29 is 9.53 Å². The van der Waals surface area contributed by atoms with Gasteiger partial charge in [-0.15, -0.1) is 11.3 Å². The highest BCUT2D eigenvalue weighted by Gasteiger charge is 2.19. The Morgan fingerprint density at radius 1 is 1.56 bits per heavy atom. The molecule has 0 bridgehead atoms. The molecule has 0 aliphatic rings. The number of thiophene rings is 1. The summed E-state index contributed by atoms with van der Waals surface area (Å²) in [6.07, 6.45) is 0.813. The number of hydrogen-bond acceptors (Lipinski definition) is 4. The maximum atomic E-state index is 12.2. The van der Waals surface area contributed by atoms with Crippen molar-refractivity contribution in [3.8, 4) is 5.75 Å². The molecule has 0 fully saturated rings. The molecule has 0 aromatic carbocycles. The molecular weight excluding hydrogens is 248 g/mol. The first-order valence-corrected chi connectivity index (χ1v) is 6.97. The maximum absolute atomic E-state index is 12.2. The highest BCUT2D eigenvalue weighted by molar-refractivity contribution is 7.12. The number of ether oxygens (including phenoxy) is 1. The Morgan fingerprint density at radius 2 is 2.22 bits per heavy atom. The lowest BCUT2D eigenvalue weighted by atomic mass is 10.0. The van der Waals surface area contributed by atoms with Gasteiger partial charge in [-0.3, -0.25) is 4.79 Å². The van der Waals surface area contributed by atoms with Crippen LogP contribution in [-0.2, 0) is 0 Å². The predicted octanol–water partition coefficient (Wildman–Crippen LogP) is 2.20. The number of amides is 1. The topological polar surface area (TPSA) is 55.6 Å². The van der Waals surface area contributed by atoms with Crippen molar-refractivity contribution in [1.82, 2.24) is 4.90 Å². The van der Waals surface area contributed by atoms with Crippen molar-refractivity contribution >= 4 is 17.2 Å². The zero-order valence-electron chi connectivity index (χ0n) is 11.5. The van der Waals surface area contributed by atoms with E-state index in [0.29, 0.717) is 23.1 Å². The molecule has 4 nitrogen and oxygen atoms in total. The van der Waals surface area contributed by atoms with Crippen molar-refractivity contribution in [2.75, 3.05) is 20.7 Å². The fourth-order valence-electron chi connectivity index (χ4n) is 1.57. The second-order valence-corrected chi connectivity index (χ2v) is 5.66. The molecule has 18 heavy (non-hydrogen) atoms. The highest BCUT2D eigenvalue weighted by Crippen LogP contribution is 2.25. The third-order valence-electron chi connectivity index (χ3n) is 3.04. The van der Waals surface area contributed by atoms with E-state index >= 15 is 0 Å². The molecule has 0 aliphatic heterocycles. The quantitative estimate of drug-likeness (QED) is 0.862. The number of hydrogen-bond donors (Lipinski definition) is 1. The van der Waals surface area contributed by atoms with Crippen LogP contribution in [0.5, 0.6) is 5.75 Å². The van der Waals surface area contributed by atoms with Crippen molar-refractivity contribution in [3.63, 3.8) is 0 Å². The Labute approximate surface area is 113 Å². The summed E-state index contributed by atoms with van der Waals surface area (Å²) in [4.78, 5) is 14.5.